The van der Waals surface area contributed by atoms with Gasteiger partial charge in [-0.25, -0.2) is 58.0 Å². The summed E-state index contributed by atoms with van der Waals surface area (Å²) in [5.74, 6) is -1.01. The molecule has 0 aliphatic heterocycles. The van der Waals surface area contributed by atoms with Gasteiger partial charge in [-0.05, 0) is 128 Å². The van der Waals surface area contributed by atoms with E-state index in [1.54, 1.807) is 85.6 Å². The molecule has 4 atom stereocenters. The number of nitrogens with zero attached hydrogens (tertiary/aromatic N) is 15. The van der Waals surface area contributed by atoms with Crippen molar-refractivity contribution < 1.29 is 42.6 Å². The van der Waals surface area contributed by atoms with Crippen molar-refractivity contribution in [1.29, 1.82) is 0 Å². The molecule has 0 aliphatic rings. The predicted octanol–water partition coefficient (Wildman–Crippen LogP) is 15.8. The number of fused-ring (bicyclic) bond motifs is 4. The lowest BCUT2D eigenvalue weighted by Gasteiger charge is -2.14. The highest BCUT2D eigenvalue weighted by molar-refractivity contribution is 7.10. The topological polar surface area (TPSA) is 302 Å². The van der Waals surface area contributed by atoms with Crippen LogP contribution in [0, 0.1) is 33.5 Å². The number of carbonyl (C=O) groups excluding carboxylic acids is 4. The molecule has 0 fully saturated rings. The van der Waals surface area contributed by atoms with Gasteiger partial charge in [0, 0.05) is 175 Å². The minimum Gasteiger partial charge on any atom is -0.384 e. The van der Waals surface area contributed by atoms with E-state index in [9.17, 15) is 33.8 Å². The Morgan fingerprint density at radius 2 is 0.736 bits per heavy atom. The number of alkyl halides is 2. The Bertz CT molecular complexity index is 5810. The molecule has 5 aromatic carbocycles. The Balaban J connectivity index is 0.000000129. The number of aliphatic hydroxyl groups excluding tert-OH is 2. The Labute approximate surface area is 639 Å². The predicted molar refractivity (Wildman–Crippen MR) is 413 cm³/mol. The van der Waals surface area contributed by atoms with Crippen molar-refractivity contribution in [1.82, 2.24) is 74.8 Å². The number of halogens is 3. The van der Waals surface area contributed by atoms with Gasteiger partial charge in [-0.15, -0.1) is 34.0 Å². The molecule has 0 radical (unpaired) electrons. The molecule has 0 amide bonds. The van der Waals surface area contributed by atoms with Gasteiger partial charge < -0.3 is 10.2 Å². The van der Waals surface area contributed by atoms with Crippen LogP contribution < -0.4 is 0 Å². The maximum atomic E-state index is 15.1. The van der Waals surface area contributed by atoms with Crippen LogP contribution in [0.3, 0.4) is 0 Å². The lowest BCUT2D eigenvalue weighted by atomic mass is 9.95. The summed E-state index contributed by atoms with van der Waals surface area (Å²) in [4.78, 5) is 114. The molecule has 546 valence electrons. The van der Waals surface area contributed by atoms with Crippen LogP contribution in [0.1, 0.15) is 154 Å². The van der Waals surface area contributed by atoms with E-state index in [1.807, 2.05) is 98.4 Å². The summed E-state index contributed by atoms with van der Waals surface area (Å²) < 4.78 is 43.6. The quantitative estimate of drug-likeness (QED) is 0.0670. The summed E-state index contributed by atoms with van der Waals surface area (Å²) in [7, 11) is 0. The fraction of sp³-hybridized carbons (Fsp3) is 0.145. The molecule has 0 saturated heterocycles. The van der Waals surface area contributed by atoms with E-state index >= 15 is 8.78 Å². The summed E-state index contributed by atoms with van der Waals surface area (Å²) in [6, 6.07) is 33.2. The number of carbonyl (C=O) groups is 4. The zero-order chi connectivity index (χ0) is 76.8. The first kappa shape index (κ1) is 75.6. The standard InChI is InChI=1S/C22H17FN4O.C21H16FN3O2S.C20H15FN4OS.C20H16N4O2S/c1-14-2-4-15(5-3-14)8-20(28)18-9-16(10-19-22(18)27-7-6-26-19)21(23)17-11-24-13-25-12-17;1-12-11-28-19(25-12)8-18(26)17-7-14(5-13-3-2-4-24-20(13)17)21(27)15-6-16(22)10-23-9-15;1-12-10-27-18(25-12)7-17(26)16-6-14(5-13-3-2-4-24-20(13)16)19(21)15-8-22-11-23-9-15;1-12-10-27-18(24-12)7-17(25)16-6-14(5-13-3-2-4-23-19(13)16)20(26)15-8-21-11-22-9-15/h2-7,9-13,21H,8H2,1H3;2-7,9-11,21,27H,8H2,1H3;2-6,8-11,19H,7H2,1H3;2-6,8-11,20,26H,7H2,1H3. The van der Waals surface area contributed by atoms with Crippen molar-refractivity contribution in [3.05, 3.63) is 347 Å². The fourth-order valence-electron chi connectivity index (χ4n) is 12.0. The van der Waals surface area contributed by atoms with Gasteiger partial charge in [-0.1, -0.05) is 48.0 Å². The average molecular weight is 1520 g/mol. The van der Waals surface area contributed by atoms with Crippen LogP contribution in [0.15, 0.2) is 231 Å². The highest BCUT2D eigenvalue weighted by atomic mass is 32.1. The molecule has 11 heterocycles. The summed E-state index contributed by atoms with van der Waals surface area (Å²) >= 11 is 4.34. The molecular formula is C83H64F3N15O6S3. The molecule has 27 heteroatoms. The van der Waals surface area contributed by atoms with Gasteiger partial charge in [-0.3, -0.25) is 49.1 Å². The normalized spacial score (nSPS) is 12.2. The molecule has 0 bridgehead atoms. The molecule has 16 aromatic rings. The van der Waals surface area contributed by atoms with Gasteiger partial charge in [-0.2, -0.15) is 0 Å². The molecule has 11 aromatic heterocycles. The number of hydrogen-bond acceptors (Lipinski definition) is 24. The number of aryl methyl sites for hydroxylation is 4. The van der Waals surface area contributed by atoms with Gasteiger partial charge in [0.15, 0.2) is 35.5 Å². The van der Waals surface area contributed by atoms with Crippen LogP contribution in [0.5, 0.6) is 0 Å². The lowest BCUT2D eigenvalue weighted by molar-refractivity contribution is 0.0985. The van der Waals surface area contributed by atoms with Gasteiger partial charge in [0.05, 0.1) is 53.0 Å². The van der Waals surface area contributed by atoms with Gasteiger partial charge in [0.25, 0.3) is 0 Å². The van der Waals surface area contributed by atoms with E-state index in [4.69, 9.17) is 0 Å². The van der Waals surface area contributed by atoms with Crippen molar-refractivity contribution in [3.63, 3.8) is 0 Å². The third-order valence-electron chi connectivity index (χ3n) is 17.3. The van der Waals surface area contributed by atoms with Gasteiger partial charge >= 0.3 is 0 Å². The second-order valence-corrected chi connectivity index (χ2v) is 28.3. The Hall–Kier alpha value is -12.7. The maximum Gasteiger partial charge on any atom is 0.171 e. The van der Waals surface area contributed by atoms with Gasteiger partial charge in [0.2, 0.25) is 0 Å². The Morgan fingerprint density at radius 1 is 0.373 bits per heavy atom. The van der Waals surface area contributed by atoms with Crippen molar-refractivity contribution in [2.75, 3.05) is 0 Å². The van der Waals surface area contributed by atoms with Crippen LogP contribution in [0.25, 0.3) is 43.7 Å². The SMILES string of the molecule is Cc1ccc(CC(=O)c2cc(C(F)c3cncnc3)cc3nccnc23)cc1.Cc1csc(CC(=O)c2cc(C(F)c3cncnc3)cc3cccnc23)n1.Cc1csc(CC(=O)c2cc(C(O)c3cncc(F)c3)cc3cccnc23)n1.Cc1csc(CC(=O)c2cc(C(O)c3cncnc3)cc3cccnc23)n1. The molecule has 16 rings (SSSR count). The van der Waals surface area contributed by atoms with Crippen LogP contribution in [-0.2, 0) is 25.7 Å². The van der Waals surface area contributed by atoms with E-state index in [0.717, 1.165) is 60.2 Å². The number of thiazole rings is 3. The van der Waals surface area contributed by atoms with Crippen molar-refractivity contribution >= 4 is 101 Å². The summed E-state index contributed by atoms with van der Waals surface area (Å²) in [5.41, 5.74) is 12.4. The fourth-order valence-corrected chi connectivity index (χ4v) is 14.3. The maximum absolute atomic E-state index is 15.1. The molecule has 110 heavy (non-hydrogen) atoms. The number of Topliss-reactive ketones (excluding diaryl/α,β-unsaturated/α-hetero) is 4. The Kier molecular flexibility index (Phi) is 24.0. The zero-order valence-electron chi connectivity index (χ0n) is 59.2. The van der Waals surface area contributed by atoms with E-state index in [-0.39, 0.29) is 48.8 Å². The van der Waals surface area contributed by atoms with Crippen molar-refractivity contribution in [3.8, 4) is 0 Å². The number of aliphatic hydroxyl groups is 2. The molecule has 2 N–H and O–H groups in total. The van der Waals surface area contributed by atoms with Crippen LogP contribution in [0.4, 0.5) is 13.2 Å². The number of pyridine rings is 4. The van der Waals surface area contributed by atoms with E-state index in [0.29, 0.717) is 99.7 Å². The largest absolute Gasteiger partial charge is 0.384 e. The second-order valence-electron chi connectivity index (χ2n) is 25.4. The molecular weight excluding hydrogens is 1460 g/mol. The van der Waals surface area contributed by atoms with Crippen LogP contribution in [0.2, 0.25) is 0 Å². The van der Waals surface area contributed by atoms with E-state index in [2.05, 4.69) is 74.8 Å². The third-order valence-corrected chi connectivity index (χ3v) is 20.2. The molecule has 4 unspecified atom stereocenters. The number of benzene rings is 5. The summed E-state index contributed by atoms with van der Waals surface area (Å²) in [6.45, 7) is 7.66. The van der Waals surface area contributed by atoms with Crippen LogP contribution >= 0.6 is 34.0 Å². The van der Waals surface area contributed by atoms with Crippen LogP contribution in [-0.4, -0.2) is 108 Å². The monoisotopic (exact) mass is 1520 g/mol. The molecule has 0 spiro atoms. The molecule has 0 saturated carbocycles. The first-order valence-corrected chi connectivity index (χ1v) is 36.8. The second kappa shape index (κ2) is 34.9. The van der Waals surface area contributed by atoms with Crippen molar-refractivity contribution in [2.24, 2.45) is 0 Å². The summed E-state index contributed by atoms with van der Waals surface area (Å²) in [5, 5.41) is 31.7. The first-order valence-electron chi connectivity index (χ1n) is 34.2. The number of hydrogen-bond donors (Lipinski definition) is 2. The minimum atomic E-state index is -1.46. The van der Waals surface area contributed by atoms with Gasteiger partial charge in [0.1, 0.15) is 52.0 Å². The van der Waals surface area contributed by atoms with Crippen molar-refractivity contribution in [2.45, 2.75) is 77.9 Å². The third kappa shape index (κ3) is 18.5. The zero-order valence-corrected chi connectivity index (χ0v) is 61.6. The molecule has 0 aliphatic carbocycles. The highest BCUT2D eigenvalue weighted by Gasteiger charge is 2.25. The minimum absolute atomic E-state index is 0.0774. The number of ketones is 4. The average Bonchev–Trinajstić information content (AvgIpc) is 0.895. The smallest absolute Gasteiger partial charge is 0.171 e. The lowest BCUT2D eigenvalue weighted by Crippen LogP contribution is -2.08. The molecule has 21 nitrogen and oxygen atoms in total. The number of rotatable bonds is 20. The van der Waals surface area contributed by atoms with E-state index in [1.165, 1.54) is 102 Å². The van der Waals surface area contributed by atoms with E-state index < -0.39 is 30.4 Å². The first-order chi connectivity index (χ1) is 53.4. The summed E-state index contributed by atoms with van der Waals surface area (Å²) in [6.07, 6.45) is 19.2. The number of aromatic nitrogens is 15. The Morgan fingerprint density at radius 3 is 1.16 bits per heavy atom. The highest BCUT2D eigenvalue weighted by Crippen LogP contribution is 2.35.